The number of halogens is 1. The predicted molar refractivity (Wildman–Crippen MR) is 85.8 cm³/mol. The van der Waals surface area contributed by atoms with Gasteiger partial charge >= 0.3 is 5.97 Å². The fraction of sp³-hybridized carbons (Fsp3) is 0.412. The average Bonchev–Trinajstić information content (AvgIpc) is 2.97. The molecule has 2 aromatic rings. The monoisotopic (exact) mass is 321 g/mol. The van der Waals surface area contributed by atoms with Crippen LogP contribution in [0.5, 0.6) is 0 Å². The SMILES string of the molecule is CCOC(=O)CCCCCc1nc(-c2ccc(Cl)cc2)co1. The Labute approximate surface area is 135 Å². The Hall–Kier alpha value is -1.81. The number of hydrogen-bond acceptors (Lipinski definition) is 4. The van der Waals surface area contributed by atoms with Gasteiger partial charge in [-0.3, -0.25) is 4.79 Å². The molecule has 0 spiro atoms. The van der Waals surface area contributed by atoms with Gasteiger partial charge in [-0.25, -0.2) is 4.98 Å². The van der Waals surface area contributed by atoms with Gasteiger partial charge < -0.3 is 9.15 Å². The molecule has 4 nitrogen and oxygen atoms in total. The maximum absolute atomic E-state index is 11.2. The summed E-state index contributed by atoms with van der Waals surface area (Å²) in [6, 6.07) is 7.51. The molecule has 1 aromatic heterocycles. The van der Waals surface area contributed by atoms with Crippen molar-refractivity contribution in [3.63, 3.8) is 0 Å². The molecule has 2 rings (SSSR count). The van der Waals surface area contributed by atoms with Crippen molar-refractivity contribution in [3.05, 3.63) is 41.4 Å². The summed E-state index contributed by atoms with van der Waals surface area (Å²) in [6.45, 7) is 2.27. The van der Waals surface area contributed by atoms with Gasteiger partial charge in [-0.2, -0.15) is 0 Å². The second-order valence-electron chi connectivity index (χ2n) is 5.00. The fourth-order valence-electron chi connectivity index (χ4n) is 2.13. The molecule has 5 heteroatoms. The van der Waals surface area contributed by atoms with Crippen molar-refractivity contribution >= 4 is 17.6 Å². The zero-order valence-corrected chi connectivity index (χ0v) is 13.4. The lowest BCUT2D eigenvalue weighted by molar-refractivity contribution is -0.143. The minimum atomic E-state index is -0.122. The molecule has 0 aliphatic heterocycles. The summed E-state index contributed by atoms with van der Waals surface area (Å²) in [5.41, 5.74) is 1.81. The van der Waals surface area contributed by atoms with E-state index >= 15 is 0 Å². The molecule has 0 unspecified atom stereocenters. The molecule has 0 fully saturated rings. The van der Waals surface area contributed by atoms with Crippen LogP contribution in [0.1, 0.15) is 38.5 Å². The van der Waals surface area contributed by atoms with E-state index in [9.17, 15) is 4.79 Å². The molecule has 0 saturated heterocycles. The molecule has 0 aliphatic carbocycles. The number of rotatable bonds is 8. The first-order valence-corrected chi connectivity index (χ1v) is 7.93. The second kappa shape index (κ2) is 8.59. The summed E-state index contributed by atoms with van der Waals surface area (Å²) in [6.07, 6.45) is 5.66. The molecule has 1 heterocycles. The van der Waals surface area contributed by atoms with Crippen LogP contribution in [-0.2, 0) is 16.0 Å². The lowest BCUT2D eigenvalue weighted by atomic mass is 10.1. The van der Waals surface area contributed by atoms with E-state index in [1.807, 2.05) is 31.2 Å². The van der Waals surface area contributed by atoms with Crippen LogP contribution in [0, 0.1) is 0 Å². The first kappa shape index (κ1) is 16.6. The number of benzene rings is 1. The number of carbonyl (C=O) groups excluding carboxylic acids is 1. The standard InChI is InChI=1S/C17H20ClNO3/c1-2-21-17(20)7-5-3-4-6-16-19-15(12-22-16)13-8-10-14(18)11-9-13/h8-12H,2-7H2,1H3. The Morgan fingerprint density at radius 1 is 1.23 bits per heavy atom. The molecule has 0 saturated carbocycles. The summed E-state index contributed by atoms with van der Waals surface area (Å²) in [4.78, 5) is 15.7. The number of aromatic nitrogens is 1. The number of carbonyl (C=O) groups is 1. The number of oxazole rings is 1. The van der Waals surface area contributed by atoms with Crippen molar-refractivity contribution in [3.8, 4) is 11.3 Å². The van der Waals surface area contributed by atoms with Crippen LogP contribution < -0.4 is 0 Å². The number of nitrogens with zero attached hydrogens (tertiary/aromatic N) is 1. The Bertz CT molecular complexity index is 592. The summed E-state index contributed by atoms with van der Waals surface area (Å²) in [5.74, 6) is 0.602. The Morgan fingerprint density at radius 3 is 2.73 bits per heavy atom. The third-order valence-electron chi connectivity index (χ3n) is 3.27. The van der Waals surface area contributed by atoms with Crippen LogP contribution in [0.3, 0.4) is 0 Å². The van der Waals surface area contributed by atoms with E-state index in [2.05, 4.69) is 4.98 Å². The normalized spacial score (nSPS) is 10.6. The Kier molecular flexibility index (Phi) is 6.46. The molecule has 118 valence electrons. The lowest BCUT2D eigenvalue weighted by Crippen LogP contribution is -2.03. The van der Waals surface area contributed by atoms with E-state index in [0.29, 0.717) is 18.1 Å². The highest BCUT2D eigenvalue weighted by Crippen LogP contribution is 2.21. The van der Waals surface area contributed by atoms with Gasteiger partial charge in [0.15, 0.2) is 5.89 Å². The summed E-state index contributed by atoms with van der Waals surface area (Å²) in [5, 5.41) is 0.703. The van der Waals surface area contributed by atoms with Crippen LogP contribution >= 0.6 is 11.6 Å². The maximum atomic E-state index is 11.2. The zero-order chi connectivity index (χ0) is 15.8. The van der Waals surface area contributed by atoms with Gasteiger partial charge in [0.2, 0.25) is 0 Å². The molecule has 1 aromatic carbocycles. The van der Waals surface area contributed by atoms with Crippen molar-refractivity contribution in [1.82, 2.24) is 4.98 Å². The predicted octanol–water partition coefficient (Wildman–Crippen LogP) is 4.66. The molecule has 0 atom stereocenters. The molecule has 0 aliphatic rings. The second-order valence-corrected chi connectivity index (χ2v) is 5.44. The lowest BCUT2D eigenvalue weighted by Gasteiger charge is -2.00. The molecule has 0 amide bonds. The number of aryl methyl sites for hydroxylation is 1. The number of ether oxygens (including phenoxy) is 1. The van der Waals surface area contributed by atoms with Gasteiger partial charge in [-0.15, -0.1) is 0 Å². The molecule has 0 radical (unpaired) electrons. The zero-order valence-electron chi connectivity index (χ0n) is 12.7. The van der Waals surface area contributed by atoms with Crippen LogP contribution in [0.4, 0.5) is 0 Å². The summed E-state index contributed by atoms with van der Waals surface area (Å²) in [7, 11) is 0. The largest absolute Gasteiger partial charge is 0.466 e. The van der Waals surface area contributed by atoms with Crippen LogP contribution in [0.25, 0.3) is 11.3 Å². The number of hydrogen-bond donors (Lipinski definition) is 0. The molecule has 0 bridgehead atoms. The van der Waals surface area contributed by atoms with Crippen LogP contribution in [0.15, 0.2) is 34.9 Å². The molecular weight excluding hydrogens is 302 g/mol. The van der Waals surface area contributed by atoms with E-state index in [4.69, 9.17) is 20.8 Å². The Morgan fingerprint density at radius 2 is 2.00 bits per heavy atom. The third-order valence-corrected chi connectivity index (χ3v) is 3.52. The third kappa shape index (κ3) is 5.19. The summed E-state index contributed by atoms with van der Waals surface area (Å²) >= 11 is 5.87. The highest BCUT2D eigenvalue weighted by atomic mass is 35.5. The number of unbranched alkanes of at least 4 members (excludes halogenated alkanes) is 2. The minimum absolute atomic E-state index is 0.122. The first-order chi connectivity index (χ1) is 10.7. The quantitative estimate of drug-likeness (QED) is 0.524. The highest BCUT2D eigenvalue weighted by molar-refractivity contribution is 6.30. The van der Waals surface area contributed by atoms with Crippen molar-refractivity contribution in [2.75, 3.05) is 6.61 Å². The van der Waals surface area contributed by atoms with Crippen LogP contribution in [0.2, 0.25) is 5.02 Å². The fourth-order valence-corrected chi connectivity index (χ4v) is 2.26. The van der Waals surface area contributed by atoms with Crippen molar-refractivity contribution in [2.45, 2.75) is 39.0 Å². The number of esters is 1. The summed E-state index contributed by atoms with van der Waals surface area (Å²) < 4.78 is 10.4. The minimum Gasteiger partial charge on any atom is -0.466 e. The molecular formula is C17H20ClNO3. The van der Waals surface area contributed by atoms with Crippen molar-refractivity contribution < 1.29 is 13.9 Å². The van der Waals surface area contributed by atoms with E-state index < -0.39 is 0 Å². The molecule has 22 heavy (non-hydrogen) atoms. The van der Waals surface area contributed by atoms with Gasteiger partial charge in [-0.05, 0) is 31.9 Å². The van der Waals surface area contributed by atoms with E-state index in [1.54, 1.807) is 6.26 Å². The van der Waals surface area contributed by atoms with Gasteiger partial charge in [0.25, 0.3) is 0 Å². The van der Waals surface area contributed by atoms with Crippen LogP contribution in [-0.4, -0.2) is 17.6 Å². The van der Waals surface area contributed by atoms with E-state index in [-0.39, 0.29) is 5.97 Å². The van der Waals surface area contributed by atoms with Crippen molar-refractivity contribution in [1.29, 1.82) is 0 Å². The topological polar surface area (TPSA) is 52.3 Å². The van der Waals surface area contributed by atoms with Gasteiger partial charge in [0.05, 0.1) is 6.61 Å². The average molecular weight is 322 g/mol. The first-order valence-electron chi connectivity index (χ1n) is 7.55. The maximum Gasteiger partial charge on any atom is 0.305 e. The van der Waals surface area contributed by atoms with Gasteiger partial charge in [0.1, 0.15) is 12.0 Å². The van der Waals surface area contributed by atoms with E-state index in [0.717, 1.165) is 42.8 Å². The smallest absolute Gasteiger partial charge is 0.305 e. The van der Waals surface area contributed by atoms with Crippen molar-refractivity contribution in [2.24, 2.45) is 0 Å². The highest BCUT2D eigenvalue weighted by Gasteiger charge is 2.07. The van der Waals surface area contributed by atoms with Gasteiger partial charge in [0, 0.05) is 23.4 Å². The van der Waals surface area contributed by atoms with Gasteiger partial charge in [-0.1, -0.05) is 30.2 Å². The Balaban J connectivity index is 1.73. The molecule has 0 N–H and O–H groups in total. The van der Waals surface area contributed by atoms with E-state index in [1.165, 1.54) is 0 Å².